The molecule has 0 atom stereocenters. The van der Waals surface area contributed by atoms with E-state index in [2.05, 4.69) is 0 Å². The Morgan fingerprint density at radius 1 is 0.839 bits per heavy atom. The second kappa shape index (κ2) is 17.0. The van der Waals surface area contributed by atoms with E-state index in [1.165, 1.54) is 0 Å². The maximum Gasteiger partial charge on any atom is 0.697 e. The Labute approximate surface area is 191 Å². The van der Waals surface area contributed by atoms with Crippen LogP contribution in [0.4, 0.5) is 0 Å². The molecule has 0 radical (unpaired) electrons. The molecule has 0 bridgehead atoms. The summed E-state index contributed by atoms with van der Waals surface area (Å²) < 4.78 is 53.3. The standard InChI is InChI=1S/C13H21O6PS.C6H14O3P/c1-11(2)17-20(14,18-12(3)4)10-15-21-19-16-13-8-6-5-7-9-13;1-5(2)8-10(7)9-6(3)4/h5-9,11-12H,10H2,1-4H3;5-6H,1-4H3/q;+1. The Kier molecular flexibility index (Phi) is 16.7. The van der Waals surface area contributed by atoms with Crippen LogP contribution in [-0.4, -0.2) is 30.8 Å². The second-order valence-corrected chi connectivity index (χ2v) is 10.5. The largest absolute Gasteiger partial charge is 0.697 e. The molecular formula is C19H35O9P2S+. The normalized spacial score (nSPS) is 11.7. The highest BCUT2D eigenvalue weighted by Gasteiger charge is 2.28. The number of para-hydroxylation sites is 1. The zero-order chi connectivity index (χ0) is 23.9. The third-order valence-electron chi connectivity index (χ3n) is 2.50. The van der Waals surface area contributed by atoms with Crippen LogP contribution in [0.15, 0.2) is 30.3 Å². The molecule has 0 heterocycles. The minimum absolute atomic E-state index is 0.0395. The molecular weight excluding hydrogens is 466 g/mol. The molecule has 0 fully saturated rings. The molecule has 0 aliphatic heterocycles. The van der Waals surface area contributed by atoms with Gasteiger partial charge in [-0.2, -0.15) is 0 Å². The summed E-state index contributed by atoms with van der Waals surface area (Å²) >= 11 is 0.575. The average Bonchev–Trinajstić information content (AvgIpc) is 2.60. The van der Waals surface area contributed by atoms with Gasteiger partial charge < -0.3 is 13.9 Å². The van der Waals surface area contributed by atoms with Crippen LogP contribution < -0.4 is 4.89 Å². The van der Waals surface area contributed by atoms with E-state index in [4.69, 9.17) is 31.5 Å². The molecule has 31 heavy (non-hydrogen) atoms. The molecule has 0 aliphatic rings. The highest BCUT2D eigenvalue weighted by atomic mass is 32.2. The van der Waals surface area contributed by atoms with Crippen molar-refractivity contribution >= 4 is 28.2 Å². The van der Waals surface area contributed by atoms with Gasteiger partial charge in [-0.15, -0.1) is 9.05 Å². The van der Waals surface area contributed by atoms with E-state index in [1.54, 1.807) is 39.8 Å². The summed E-state index contributed by atoms with van der Waals surface area (Å²) in [7, 11) is -5.23. The number of benzene rings is 1. The highest BCUT2D eigenvalue weighted by Crippen LogP contribution is 2.51. The third kappa shape index (κ3) is 18.7. The molecule has 0 N–H and O–H groups in total. The van der Waals surface area contributed by atoms with Crippen LogP contribution in [0, 0.1) is 0 Å². The molecule has 12 heteroatoms. The van der Waals surface area contributed by atoms with E-state index in [0.717, 1.165) is 0 Å². The Morgan fingerprint density at radius 2 is 1.32 bits per heavy atom. The predicted octanol–water partition coefficient (Wildman–Crippen LogP) is 7.07. The number of hydrogen-bond acceptors (Lipinski definition) is 10. The molecule has 180 valence electrons. The van der Waals surface area contributed by atoms with E-state index in [-0.39, 0.29) is 30.8 Å². The van der Waals surface area contributed by atoms with Crippen LogP contribution >= 0.6 is 28.2 Å². The molecule has 0 aliphatic carbocycles. The van der Waals surface area contributed by atoms with E-state index < -0.39 is 15.9 Å². The Hall–Kier alpha value is -0.540. The van der Waals surface area contributed by atoms with Crippen LogP contribution in [0.5, 0.6) is 5.75 Å². The molecule has 0 amide bonds. The lowest BCUT2D eigenvalue weighted by molar-refractivity contribution is -0.0862. The molecule has 0 unspecified atom stereocenters. The average molecular weight is 501 g/mol. The van der Waals surface area contributed by atoms with Crippen molar-refractivity contribution in [2.45, 2.75) is 79.8 Å². The van der Waals surface area contributed by atoms with Gasteiger partial charge in [0.1, 0.15) is 12.2 Å². The lowest BCUT2D eigenvalue weighted by atomic mass is 10.3. The van der Waals surface area contributed by atoms with Crippen molar-refractivity contribution in [1.82, 2.24) is 0 Å². The van der Waals surface area contributed by atoms with E-state index in [0.29, 0.717) is 18.1 Å². The van der Waals surface area contributed by atoms with Gasteiger partial charge >= 0.3 is 15.9 Å². The van der Waals surface area contributed by atoms with E-state index in [1.807, 2.05) is 45.9 Å². The summed E-state index contributed by atoms with van der Waals surface area (Å²) in [6, 6.07) is 8.94. The monoisotopic (exact) mass is 501 g/mol. The topological polar surface area (TPSA) is 98.8 Å². The first-order valence-corrected chi connectivity index (χ1v) is 13.4. The van der Waals surface area contributed by atoms with Gasteiger partial charge in [0.2, 0.25) is 12.3 Å². The molecule has 1 aromatic rings. The van der Waals surface area contributed by atoms with Gasteiger partial charge in [0.25, 0.3) is 0 Å². The van der Waals surface area contributed by atoms with Crippen LogP contribution in [0.3, 0.4) is 0 Å². The van der Waals surface area contributed by atoms with Crippen molar-refractivity contribution in [3.05, 3.63) is 30.3 Å². The summed E-state index contributed by atoms with van der Waals surface area (Å²) in [5.74, 6) is 0.536. The first kappa shape index (κ1) is 30.5. The molecule has 1 aromatic carbocycles. The minimum Gasteiger partial charge on any atom is -0.323 e. The van der Waals surface area contributed by atoms with E-state index >= 15 is 0 Å². The SMILES string of the molecule is CC(C)OP(=O)(COSOOc1ccccc1)OC(C)C.CC(C)O[P+](=O)OC(C)C. The Morgan fingerprint density at radius 3 is 1.74 bits per heavy atom. The lowest BCUT2D eigenvalue weighted by Crippen LogP contribution is -2.10. The maximum absolute atomic E-state index is 12.4. The molecule has 0 saturated carbocycles. The summed E-state index contributed by atoms with van der Waals surface area (Å²) in [5, 5.41) is 0. The zero-order valence-electron chi connectivity index (χ0n) is 19.4. The van der Waals surface area contributed by atoms with E-state index in [9.17, 15) is 9.13 Å². The van der Waals surface area contributed by atoms with Gasteiger partial charge in [-0.3, -0.25) is 8.75 Å². The van der Waals surface area contributed by atoms with Crippen LogP contribution in [0.2, 0.25) is 0 Å². The number of rotatable bonds is 14. The fraction of sp³-hybridized carbons (Fsp3) is 0.684. The summed E-state index contributed by atoms with van der Waals surface area (Å²) in [6.07, 6.45) is -0.773. The zero-order valence-corrected chi connectivity index (χ0v) is 22.0. The van der Waals surface area contributed by atoms with Gasteiger partial charge in [-0.1, -0.05) is 22.5 Å². The first-order chi connectivity index (χ1) is 14.4. The Bertz CT molecular complexity index is 617. The van der Waals surface area contributed by atoms with Crippen molar-refractivity contribution < 1.29 is 40.6 Å². The van der Waals surface area contributed by atoms with Gasteiger partial charge in [0.15, 0.2) is 12.1 Å². The highest BCUT2D eigenvalue weighted by molar-refractivity contribution is 7.90. The maximum atomic E-state index is 12.4. The molecule has 1 rings (SSSR count). The minimum atomic E-state index is -3.32. The number of hydrogen-bond donors (Lipinski definition) is 0. The second-order valence-electron chi connectivity index (χ2n) is 7.23. The summed E-state index contributed by atoms with van der Waals surface area (Å²) in [4.78, 5) is 4.95. The van der Waals surface area contributed by atoms with Crippen molar-refractivity contribution in [3.8, 4) is 5.75 Å². The predicted molar refractivity (Wildman–Crippen MR) is 122 cm³/mol. The van der Waals surface area contributed by atoms with Crippen molar-refractivity contribution in [2.24, 2.45) is 0 Å². The van der Waals surface area contributed by atoms with Crippen LogP contribution in [-0.2, 0) is 35.7 Å². The third-order valence-corrected chi connectivity index (χ3v) is 6.13. The Balaban J connectivity index is 0.000000759. The lowest BCUT2D eigenvalue weighted by Gasteiger charge is -2.21. The van der Waals surface area contributed by atoms with Gasteiger partial charge in [-0.25, -0.2) is 0 Å². The van der Waals surface area contributed by atoms with Gasteiger partial charge in [-0.05, 0) is 67.5 Å². The van der Waals surface area contributed by atoms with Gasteiger partial charge in [0.05, 0.1) is 12.2 Å². The van der Waals surface area contributed by atoms with Crippen molar-refractivity contribution in [2.75, 3.05) is 6.35 Å². The van der Waals surface area contributed by atoms with Crippen LogP contribution in [0.1, 0.15) is 55.4 Å². The quantitative estimate of drug-likeness (QED) is 0.0865. The molecule has 9 nitrogen and oxygen atoms in total. The molecule has 0 spiro atoms. The fourth-order valence-electron chi connectivity index (χ4n) is 1.73. The molecule has 0 aromatic heterocycles. The smallest absolute Gasteiger partial charge is 0.323 e. The summed E-state index contributed by atoms with van der Waals surface area (Å²) in [5.41, 5.74) is 0. The molecule has 0 saturated heterocycles. The van der Waals surface area contributed by atoms with Gasteiger partial charge in [0, 0.05) is 4.57 Å². The van der Waals surface area contributed by atoms with Crippen molar-refractivity contribution in [1.29, 1.82) is 0 Å². The van der Waals surface area contributed by atoms with Crippen molar-refractivity contribution in [3.63, 3.8) is 0 Å². The fourth-order valence-corrected chi connectivity index (χ4v) is 4.76. The van der Waals surface area contributed by atoms with Crippen LogP contribution in [0.25, 0.3) is 0 Å². The summed E-state index contributed by atoms with van der Waals surface area (Å²) in [6.45, 7) is 14.4. The first-order valence-electron chi connectivity index (χ1n) is 9.88.